The van der Waals surface area contributed by atoms with Crippen LogP contribution < -0.4 is 10.5 Å². The molecular formula is C17H20FNO. The van der Waals surface area contributed by atoms with E-state index in [1.165, 1.54) is 11.6 Å². The van der Waals surface area contributed by atoms with Crippen LogP contribution in [0.15, 0.2) is 42.5 Å². The highest BCUT2D eigenvalue weighted by Crippen LogP contribution is 2.21. The third-order valence-corrected chi connectivity index (χ3v) is 3.26. The number of benzene rings is 2. The highest BCUT2D eigenvalue weighted by molar-refractivity contribution is 5.31. The molecule has 2 aromatic carbocycles. The van der Waals surface area contributed by atoms with Crippen molar-refractivity contribution in [2.45, 2.75) is 32.9 Å². The van der Waals surface area contributed by atoms with Crippen LogP contribution in [-0.2, 0) is 13.2 Å². The third-order valence-electron chi connectivity index (χ3n) is 3.26. The van der Waals surface area contributed by atoms with Crippen LogP contribution in [0.4, 0.5) is 4.39 Å². The van der Waals surface area contributed by atoms with Gasteiger partial charge in [-0.3, -0.25) is 0 Å². The molecule has 0 saturated carbocycles. The van der Waals surface area contributed by atoms with Crippen LogP contribution in [0.5, 0.6) is 5.75 Å². The Labute approximate surface area is 119 Å². The van der Waals surface area contributed by atoms with E-state index in [2.05, 4.69) is 19.9 Å². The van der Waals surface area contributed by atoms with E-state index in [0.29, 0.717) is 18.0 Å². The van der Waals surface area contributed by atoms with E-state index >= 15 is 0 Å². The maximum atomic E-state index is 13.7. The second kappa shape index (κ2) is 6.53. The van der Waals surface area contributed by atoms with Crippen LogP contribution >= 0.6 is 0 Å². The Kier molecular flexibility index (Phi) is 4.74. The van der Waals surface area contributed by atoms with Crippen molar-refractivity contribution in [3.8, 4) is 5.75 Å². The molecule has 0 aliphatic heterocycles. The van der Waals surface area contributed by atoms with Crippen LogP contribution in [-0.4, -0.2) is 0 Å². The molecule has 0 radical (unpaired) electrons. The second-order valence-corrected chi connectivity index (χ2v) is 5.15. The summed E-state index contributed by atoms with van der Waals surface area (Å²) in [6.45, 7) is 4.87. The summed E-state index contributed by atoms with van der Waals surface area (Å²) in [5, 5.41) is 0. The van der Waals surface area contributed by atoms with E-state index in [0.717, 1.165) is 11.3 Å². The first-order valence-corrected chi connectivity index (χ1v) is 6.80. The lowest BCUT2D eigenvalue weighted by molar-refractivity contribution is 0.299. The smallest absolute Gasteiger partial charge is 0.129 e. The molecule has 0 aliphatic rings. The van der Waals surface area contributed by atoms with E-state index in [1.807, 2.05) is 18.2 Å². The number of hydrogen-bond donors (Lipinski definition) is 1. The lowest BCUT2D eigenvalue weighted by atomic mass is 10.0. The molecule has 0 amide bonds. The molecule has 0 aromatic heterocycles. The van der Waals surface area contributed by atoms with Gasteiger partial charge in [-0.15, -0.1) is 0 Å². The summed E-state index contributed by atoms with van der Waals surface area (Å²) in [7, 11) is 0. The average Bonchev–Trinajstić information content (AvgIpc) is 2.46. The molecule has 0 bridgehead atoms. The standard InChI is InChI=1S/C17H20FNO/c1-12(2)14-4-3-5-16(9-14)20-11-15-8-13(10-19)6-7-17(15)18/h3-9,12H,10-11,19H2,1-2H3. The quantitative estimate of drug-likeness (QED) is 0.894. The number of halogens is 1. The molecule has 0 aliphatic carbocycles. The predicted molar refractivity (Wildman–Crippen MR) is 79.2 cm³/mol. The summed E-state index contributed by atoms with van der Waals surface area (Å²) in [4.78, 5) is 0. The molecule has 2 nitrogen and oxygen atoms in total. The normalized spacial score (nSPS) is 10.8. The predicted octanol–water partition coefficient (Wildman–Crippen LogP) is 3.99. The zero-order chi connectivity index (χ0) is 14.5. The summed E-state index contributed by atoms with van der Waals surface area (Å²) in [6, 6.07) is 12.8. The summed E-state index contributed by atoms with van der Waals surface area (Å²) < 4.78 is 19.4. The van der Waals surface area contributed by atoms with E-state index in [9.17, 15) is 4.39 Å². The molecule has 0 unspecified atom stereocenters. The highest BCUT2D eigenvalue weighted by atomic mass is 19.1. The van der Waals surface area contributed by atoms with Crippen molar-refractivity contribution >= 4 is 0 Å². The van der Waals surface area contributed by atoms with Gasteiger partial charge in [0.05, 0.1) is 0 Å². The molecule has 2 rings (SSSR count). The first-order valence-electron chi connectivity index (χ1n) is 6.80. The Morgan fingerprint density at radius 1 is 1.15 bits per heavy atom. The number of rotatable bonds is 5. The van der Waals surface area contributed by atoms with Crippen molar-refractivity contribution in [2.75, 3.05) is 0 Å². The molecule has 0 fully saturated rings. The molecule has 0 heterocycles. The van der Waals surface area contributed by atoms with Gasteiger partial charge in [0.25, 0.3) is 0 Å². The molecule has 0 atom stereocenters. The van der Waals surface area contributed by atoms with Gasteiger partial charge in [-0.1, -0.05) is 32.0 Å². The fourth-order valence-corrected chi connectivity index (χ4v) is 1.99. The lowest BCUT2D eigenvalue weighted by Crippen LogP contribution is -2.03. The molecule has 106 valence electrons. The van der Waals surface area contributed by atoms with Gasteiger partial charge in [-0.25, -0.2) is 4.39 Å². The van der Waals surface area contributed by atoms with Crippen LogP contribution in [0, 0.1) is 5.82 Å². The van der Waals surface area contributed by atoms with Crippen molar-refractivity contribution in [2.24, 2.45) is 5.73 Å². The van der Waals surface area contributed by atoms with Crippen LogP contribution in [0.3, 0.4) is 0 Å². The van der Waals surface area contributed by atoms with Gasteiger partial charge in [0, 0.05) is 12.1 Å². The first-order chi connectivity index (χ1) is 9.60. The van der Waals surface area contributed by atoms with Crippen molar-refractivity contribution < 1.29 is 9.13 Å². The van der Waals surface area contributed by atoms with Gasteiger partial charge in [0.2, 0.25) is 0 Å². The van der Waals surface area contributed by atoms with Gasteiger partial charge >= 0.3 is 0 Å². The molecule has 3 heteroatoms. The average molecular weight is 273 g/mol. The minimum Gasteiger partial charge on any atom is -0.489 e. The summed E-state index contributed by atoms with van der Waals surface area (Å²) >= 11 is 0. The lowest BCUT2D eigenvalue weighted by Gasteiger charge is -2.11. The Hall–Kier alpha value is -1.87. The Bertz CT molecular complexity index is 581. The fraction of sp³-hybridized carbons (Fsp3) is 0.294. The monoisotopic (exact) mass is 273 g/mol. The number of hydrogen-bond acceptors (Lipinski definition) is 2. The highest BCUT2D eigenvalue weighted by Gasteiger charge is 2.06. The van der Waals surface area contributed by atoms with Crippen LogP contribution in [0.1, 0.15) is 36.5 Å². The minimum atomic E-state index is -0.262. The Morgan fingerprint density at radius 2 is 1.95 bits per heavy atom. The van der Waals surface area contributed by atoms with Crippen LogP contribution in [0.2, 0.25) is 0 Å². The molecule has 2 N–H and O–H groups in total. The van der Waals surface area contributed by atoms with Crippen molar-refractivity contribution in [1.29, 1.82) is 0 Å². The third kappa shape index (κ3) is 3.58. The van der Waals surface area contributed by atoms with E-state index in [4.69, 9.17) is 10.5 Å². The fourth-order valence-electron chi connectivity index (χ4n) is 1.99. The molecule has 0 spiro atoms. The minimum absolute atomic E-state index is 0.210. The SMILES string of the molecule is CC(C)c1cccc(OCc2cc(CN)ccc2F)c1. The Morgan fingerprint density at radius 3 is 2.65 bits per heavy atom. The van der Waals surface area contributed by atoms with Gasteiger partial charge in [0.1, 0.15) is 18.2 Å². The van der Waals surface area contributed by atoms with E-state index in [-0.39, 0.29) is 12.4 Å². The Balaban J connectivity index is 2.10. The topological polar surface area (TPSA) is 35.2 Å². The van der Waals surface area contributed by atoms with Gasteiger partial charge in [0.15, 0.2) is 0 Å². The van der Waals surface area contributed by atoms with E-state index < -0.39 is 0 Å². The number of ether oxygens (including phenoxy) is 1. The summed E-state index contributed by atoms with van der Waals surface area (Å²) in [5.41, 5.74) is 8.21. The zero-order valence-electron chi connectivity index (χ0n) is 11.9. The van der Waals surface area contributed by atoms with E-state index in [1.54, 1.807) is 12.1 Å². The van der Waals surface area contributed by atoms with Crippen molar-refractivity contribution in [1.82, 2.24) is 0 Å². The van der Waals surface area contributed by atoms with Gasteiger partial charge < -0.3 is 10.5 Å². The molecule has 0 saturated heterocycles. The first kappa shape index (κ1) is 14.5. The van der Waals surface area contributed by atoms with Gasteiger partial charge in [-0.05, 0) is 41.3 Å². The maximum Gasteiger partial charge on any atom is 0.129 e. The summed E-state index contributed by atoms with van der Waals surface area (Å²) in [5.74, 6) is 0.937. The molecular weight excluding hydrogens is 253 g/mol. The van der Waals surface area contributed by atoms with Crippen molar-refractivity contribution in [3.63, 3.8) is 0 Å². The molecule has 20 heavy (non-hydrogen) atoms. The largest absolute Gasteiger partial charge is 0.489 e. The maximum absolute atomic E-state index is 13.7. The zero-order valence-corrected chi connectivity index (χ0v) is 11.9. The van der Waals surface area contributed by atoms with Crippen molar-refractivity contribution in [3.05, 3.63) is 65.0 Å². The molecule has 2 aromatic rings. The second-order valence-electron chi connectivity index (χ2n) is 5.15. The van der Waals surface area contributed by atoms with Crippen LogP contribution in [0.25, 0.3) is 0 Å². The summed E-state index contributed by atoms with van der Waals surface area (Å²) in [6.07, 6.45) is 0. The number of nitrogens with two attached hydrogens (primary N) is 1. The van der Waals surface area contributed by atoms with Gasteiger partial charge in [-0.2, -0.15) is 0 Å².